The molecule has 3 nitrogen and oxygen atoms in total. The van der Waals surface area contributed by atoms with Crippen LogP contribution in [0.15, 0.2) is 18.2 Å². The topological polar surface area (TPSA) is 46.5 Å². The predicted octanol–water partition coefficient (Wildman–Crippen LogP) is 3.37. The maximum absolute atomic E-state index is 10.7. The Kier molecular flexibility index (Phi) is 3.33. The summed E-state index contributed by atoms with van der Waals surface area (Å²) in [6, 6.07) is 6.05. The van der Waals surface area contributed by atoms with Gasteiger partial charge in [0.15, 0.2) is 0 Å². The number of fused-ring (bicyclic) bond motifs is 1. The molecule has 1 atom stereocenters. The Balaban J connectivity index is 2.21. The fraction of sp³-hybridized carbons (Fsp3) is 0.533. The van der Waals surface area contributed by atoms with E-state index in [2.05, 4.69) is 19.9 Å². The zero-order valence-electron chi connectivity index (χ0n) is 11.2. The zero-order chi connectivity index (χ0) is 13.3. The Morgan fingerprint density at radius 1 is 1.50 bits per heavy atom. The number of benzene rings is 1. The van der Waals surface area contributed by atoms with Crippen molar-refractivity contribution >= 4 is 5.97 Å². The zero-order valence-corrected chi connectivity index (χ0v) is 11.2. The molecule has 0 bridgehead atoms. The highest BCUT2D eigenvalue weighted by Gasteiger charge is 2.26. The van der Waals surface area contributed by atoms with E-state index in [1.54, 1.807) is 0 Å². The molecule has 0 aliphatic carbocycles. The molecule has 1 N–H and O–H groups in total. The average Bonchev–Trinajstić information content (AvgIpc) is 2.26. The lowest BCUT2D eigenvalue weighted by molar-refractivity contribution is -0.137. The van der Waals surface area contributed by atoms with Crippen molar-refractivity contribution in [2.24, 2.45) is 0 Å². The van der Waals surface area contributed by atoms with E-state index in [9.17, 15) is 4.79 Å². The van der Waals surface area contributed by atoms with Crippen LogP contribution in [0.3, 0.4) is 0 Å². The van der Waals surface area contributed by atoms with E-state index in [1.165, 1.54) is 5.56 Å². The van der Waals surface area contributed by atoms with Gasteiger partial charge in [-0.3, -0.25) is 4.79 Å². The van der Waals surface area contributed by atoms with Crippen LogP contribution in [0.5, 0.6) is 5.75 Å². The third-order valence-electron chi connectivity index (χ3n) is 3.52. The second-order valence-corrected chi connectivity index (χ2v) is 5.73. The highest BCUT2D eigenvalue weighted by molar-refractivity contribution is 5.68. The number of carbonyl (C=O) groups is 1. The first-order chi connectivity index (χ1) is 8.37. The maximum atomic E-state index is 10.7. The van der Waals surface area contributed by atoms with Crippen molar-refractivity contribution in [2.45, 2.75) is 51.6 Å². The second kappa shape index (κ2) is 4.63. The highest BCUT2D eigenvalue weighted by Crippen LogP contribution is 2.35. The molecule has 0 saturated heterocycles. The van der Waals surface area contributed by atoms with Gasteiger partial charge in [-0.15, -0.1) is 0 Å². The van der Waals surface area contributed by atoms with Gasteiger partial charge in [-0.2, -0.15) is 0 Å². The Morgan fingerprint density at radius 3 is 2.89 bits per heavy atom. The Bertz CT molecular complexity index is 463. The number of ether oxygens (including phenoxy) is 1. The second-order valence-electron chi connectivity index (χ2n) is 5.73. The molecule has 98 valence electrons. The predicted molar refractivity (Wildman–Crippen MR) is 70.1 cm³/mol. The first-order valence-corrected chi connectivity index (χ1v) is 6.41. The van der Waals surface area contributed by atoms with Crippen LogP contribution in [0, 0.1) is 0 Å². The number of aliphatic carboxylic acids is 1. The van der Waals surface area contributed by atoms with Gasteiger partial charge in [0, 0.05) is 0 Å². The molecule has 0 spiro atoms. The van der Waals surface area contributed by atoms with E-state index in [0.717, 1.165) is 24.2 Å². The van der Waals surface area contributed by atoms with Gasteiger partial charge in [0.2, 0.25) is 0 Å². The number of rotatable bonds is 3. The lowest BCUT2D eigenvalue weighted by Crippen LogP contribution is -2.32. The minimum atomic E-state index is -0.752. The maximum Gasteiger partial charge on any atom is 0.303 e. The fourth-order valence-electron chi connectivity index (χ4n) is 2.37. The summed E-state index contributed by atoms with van der Waals surface area (Å²) in [5.41, 5.74) is 2.19. The Morgan fingerprint density at radius 2 is 2.22 bits per heavy atom. The van der Waals surface area contributed by atoms with Crippen LogP contribution in [-0.2, 0) is 11.2 Å². The highest BCUT2D eigenvalue weighted by atomic mass is 16.5. The summed E-state index contributed by atoms with van der Waals surface area (Å²) >= 11 is 0. The van der Waals surface area contributed by atoms with Gasteiger partial charge < -0.3 is 9.84 Å². The van der Waals surface area contributed by atoms with Crippen molar-refractivity contribution in [1.29, 1.82) is 0 Å². The van der Waals surface area contributed by atoms with Crippen LogP contribution in [0.2, 0.25) is 0 Å². The molecule has 1 unspecified atom stereocenters. The van der Waals surface area contributed by atoms with Crippen LogP contribution in [0.25, 0.3) is 0 Å². The molecule has 1 aliphatic rings. The lowest BCUT2D eigenvalue weighted by atomic mass is 9.90. The Hall–Kier alpha value is -1.51. The SMILES string of the molecule is CC(CC(=O)O)c1ccc2c(c1)CCC(C)(C)O2. The van der Waals surface area contributed by atoms with Crippen LogP contribution in [-0.4, -0.2) is 16.7 Å². The van der Waals surface area contributed by atoms with Gasteiger partial charge in [-0.25, -0.2) is 0 Å². The van der Waals surface area contributed by atoms with Crippen molar-refractivity contribution in [3.63, 3.8) is 0 Å². The van der Waals surface area contributed by atoms with Crippen LogP contribution in [0.4, 0.5) is 0 Å². The number of hydrogen-bond donors (Lipinski definition) is 1. The third-order valence-corrected chi connectivity index (χ3v) is 3.52. The van der Waals surface area contributed by atoms with E-state index in [0.29, 0.717) is 0 Å². The summed E-state index contributed by atoms with van der Waals surface area (Å²) < 4.78 is 5.92. The minimum absolute atomic E-state index is 0.0442. The van der Waals surface area contributed by atoms with Crippen molar-refractivity contribution in [3.05, 3.63) is 29.3 Å². The molecular formula is C15H20O3. The van der Waals surface area contributed by atoms with Gasteiger partial charge in [-0.05, 0) is 49.8 Å². The molecule has 0 radical (unpaired) electrons. The standard InChI is InChI=1S/C15H20O3/c1-10(8-14(16)17)11-4-5-13-12(9-11)6-7-15(2,3)18-13/h4-5,9-10H,6-8H2,1-3H3,(H,16,17). The fourth-order valence-corrected chi connectivity index (χ4v) is 2.37. The molecule has 0 saturated carbocycles. The van der Waals surface area contributed by atoms with Gasteiger partial charge >= 0.3 is 5.97 Å². The molecule has 0 amide bonds. The molecule has 2 rings (SSSR count). The summed E-state index contributed by atoms with van der Waals surface area (Å²) in [6.45, 7) is 6.14. The third kappa shape index (κ3) is 2.84. The molecule has 1 aromatic carbocycles. The molecule has 1 aliphatic heterocycles. The molecule has 3 heteroatoms. The van der Waals surface area contributed by atoms with Crippen molar-refractivity contribution < 1.29 is 14.6 Å². The largest absolute Gasteiger partial charge is 0.488 e. The molecular weight excluding hydrogens is 228 g/mol. The summed E-state index contributed by atoms with van der Waals surface area (Å²) in [4.78, 5) is 10.7. The number of carboxylic acids is 1. The van der Waals surface area contributed by atoms with E-state index >= 15 is 0 Å². The molecule has 0 fully saturated rings. The van der Waals surface area contributed by atoms with Crippen molar-refractivity contribution in [3.8, 4) is 5.75 Å². The monoisotopic (exact) mass is 248 g/mol. The van der Waals surface area contributed by atoms with Gasteiger partial charge in [-0.1, -0.05) is 19.1 Å². The minimum Gasteiger partial charge on any atom is -0.488 e. The summed E-state index contributed by atoms with van der Waals surface area (Å²) in [5, 5.41) is 8.83. The number of hydrogen-bond acceptors (Lipinski definition) is 2. The van der Waals surface area contributed by atoms with Gasteiger partial charge in [0.25, 0.3) is 0 Å². The first-order valence-electron chi connectivity index (χ1n) is 6.41. The average molecular weight is 248 g/mol. The quantitative estimate of drug-likeness (QED) is 0.892. The summed E-state index contributed by atoms with van der Waals surface area (Å²) in [6.07, 6.45) is 2.16. The molecule has 1 heterocycles. The smallest absolute Gasteiger partial charge is 0.303 e. The van der Waals surface area contributed by atoms with Crippen LogP contribution in [0.1, 0.15) is 50.7 Å². The van der Waals surface area contributed by atoms with Crippen LogP contribution < -0.4 is 4.74 Å². The first kappa shape index (κ1) is 12.9. The van der Waals surface area contributed by atoms with Crippen LogP contribution >= 0.6 is 0 Å². The van der Waals surface area contributed by atoms with E-state index in [-0.39, 0.29) is 17.9 Å². The summed E-state index contributed by atoms with van der Waals surface area (Å²) in [7, 11) is 0. The molecule has 18 heavy (non-hydrogen) atoms. The van der Waals surface area contributed by atoms with E-state index in [1.807, 2.05) is 19.1 Å². The molecule has 0 aromatic heterocycles. The van der Waals surface area contributed by atoms with Gasteiger partial charge in [0.1, 0.15) is 11.4 Å². The number of aryl methyl sites for hydroxylation is 1. The van der Waals surface area contributed by atoms with Crippen molar-refractivity contribution in [1.82, 2.24) is 0 Å². The van der Waals surface area contributed by atoms with E-state index in [4.69, 9.17) is 9.84 Å². The normalized spacial score (nSPS) is 18.6. The van der Waals surface area contributed by atoms with Crippen molar-refractivity contribution in [2.75, 3.05) is 0 Å². The molecule has 1 aromatic rings. The summed E-state index contributed by atoms with van der Waals surface area (Å²) in [5.74, 6) is 0.234. The van der Waals surface area contributed by atoms with E-state index < -0.39 is 5.97 Å². The lowest BCUT2D eigenvalue weighted by Gasteiger charge is -2.33. The number of carboxylic acid groups (broad SMARTS) is 1. The Labute approximate surface area is 108 Å². The van der Waals surface area contributed by atoms with Gasteiger partial charge in [0.05, 0.1) is 6.42 Å².